The molecule has 0 saturated carbocycles. The largest absolute Gasteiger partial charge is 0.478 e. The molecule has 2 rings (SSSR count). The Bertz CT molecular complexity index is 537. The zero-order valence-corrected chi connectivity index (χ0v) is 12.4. The van der Waals surface area contributed by atoms with Crippen LogP contribution in [0.3, 0.4) is 0 Å². The highest BCUT2D eigenvalue weighted by atomic mass is 16.4. The van der Waals surface area contributed by atoms with E-state index in [0.717, 1.165) is 43.9 Å². The van der Waals surface area contributed by atoms with Crippen molar-refractivity contribution in [3.05, 3.63) is 23.4 Å². The third kappa shape index (κ3) is 3.93. The summed E-state index contributed by atoms with van der Waals surface area (Å²) in [5, 5.41) is 11.8. The van der Waals surface area contributed by atoms with Gasteiger partial charge in [-0.3, -0.25) is 4.79 Å². The number of hydrogen-bond acceptors (Lipinski definition) is 4. The average molecular weight is 291 g/mol. The molecule has 21 heavy (non-hydrogen) atoms. The van der Waals surface area contributed by atoms with Gasteiger partial charge >= 0.3 is 5.97 Å². The van der Waals surface area contributed by atoms with Crippen LogP contribution < -0.4 is 10.2 Å². The summed E-state index contributed by atoms with van der Waals surface area (Å²) < 4.78 is 0. The van der Waals surface area contributed by atoms with E-state index < -0.39 is 5.97 Å². The van der Waals surface area contributed by atoms with Crippen LogP contribution in [0.2, 0.25) is 0 Å². The van der Waals surface area contributed by atoms with Crippen molar-refractivity contribution in [1.29, 1.82) is 0 Å². The zero-order valence-electron chi connectivity index (χ0n) is 12.4. The van der Waals surface area contributed by atoms with E-state index in [1.54, 1.807) is 6.07 Å². The van der Waals surface area contributed by atoms with E-state index in [4.69, 9.17) is 5.11 Å². The van der Waals surface area contributed by atoms with Gasteiger partial charge in [-0.15, -0.1) is 0 Å². The fourth-order valence-electron chi connectivity index (χ4n) is 2.65. The molecule has 1 aliphatic heterocycles. The molecular formula is C15H21N3O3. The van der Waals surface area contributed by atoms with Crippen LogP contribution in [0, 0.1) is 12.8 Å². The summed E-state index contributed by atoms with van der Waals surface area (Å²) in [5.74, 6) is 0.423. The van der Waals surface area contributed by atoms with Gasteiger partial charge in [-0.25, -0.2) is 9.78 Å². The quantitative estimate of drug-likeness (QED) is 0.877. The fourth-order valence-corrected chi connectivity index (χ4v) is 2.65. The second-order valence-corrected chi connectivity index (χ2v) is 5.54. The van der Waals surface area contributed by atoms with E-state index in [1.165, 1.54) is 13.1 Å². The minimum Gasteiger partial charge on any atom is -0.478 e. The number of carboxylic acid groups (broad SMARTS) is 1. The van der Waals surface area contributed by atoms with Crippen LogP contribution in [0.15, 0.2) is 12.3 Å². The lowest BCUT2D eigenvalue weighted by Gasteiger charge is -2.33. The summed E-state index contributed by atoms with van der Waals surface area (Å²) in [6, 6.07) is 1.66. The highest BCUT2D eigenvalue weighted by Gasteiger charge is 2.21. The van der Waals surface area contributed by atoms with Gasteiger partial charge in [-0.1, -0.05) is 0 Å². The predicted octanol–water partition coefficient (Wildman–Crippen LogP) is 1.44. The molecule has 1 fully saturated rings. The van der Waals surface area contributed by atoms with Crippen molar-refractivity contribution in [2.75, 3.05) is 24.5 Å². The number of aromatic carboxylic acids is 1. The summed E-state index contributed by atoms with van der Waals surface area (Å²) in [5.41, 5.74) is 1.10. The summed E-state index contributed by atoms with van der Waals surface area (Å²) in [4.78, 5) is 28.3. The van der Waals surface area contributed by atoms with Gasteiger partial charge in [0, 0.05) is 32.8 Å². The molecule has 1 aromatic rings. The molecule has 1 amide bonds. The van der Waals surface area contributed by atoms with Crippen LogP contribution in [0.1, 0.15) is 35.7 Å². The number of carboxylic acids is 1. The molecule has 6 heteroatoms. The van der Waals surface area contributed by atoms with Crippen molar-refractivity contribution in [2.24, 2.45) is 5.92 Å². The van der Waals surface area contributed by atoms with Gasteiger partial charge in [0.1, 0.15) is 5.82 Å². The van der Waals surface area contributed by atoms with Gasteiger partial charge in [-0.2, -0.15) is 0 Å². The number of aromatic nitrogens is 1. The Hall–Kier alpha value is -2.11. The third-order valence-electron chi connectivity index (χ3n) is 3.85. The van der Waals surface area contributed by atoms with E-state index in [-0.39, 0.29) is 11.5 Å². The topological polar surface area (TPSA) is 82.5 Å². The number of aryl methyl sites for hydroxylation is 1. The van der Waals surface area contributed by atoms with Crippen LogP contribution in [0.4, 0.5) is 5.82 Å². The second-order valence-electron chi connectivity index (χ2n) is 5.54. The Labute approximate surface area is 124 Å². The van der Waals surface area contributed by atoms with E-state index in [1.807, 2.05) is 6.92 Å². The molecule has 0 aromatic carbocycles. The molecule has 0 atom stereocenters. The minimum absolute atomic E-state index is 0.0131. The van der Waals surface area contributed by atoms with Crippen molar-refractivity contribution in [3.63, 3.8) is 0 Å². The summed E-state index contributed by atoms with van der Waals surface area (Å²) in [7, 11) is 0. The lowest BCUT2D eigenvalue weighted by atomic mass is 9.96. The Kier molecular flexibility index (Phi) is 4.77. The molecule has 114 valence electrons. The molecule has 2 N–H and O–H groups in total. The zero-order chi connectivity index (χ0) is 15.4. The summed E-state index contributed by atoms with van der Waals surface area (Å²) in [6.45, 7) is 5.91. The highest BCUT2D eigenvalue weighted by Crippen LogP contribution is 2.24. The second kappa shape index (κ2) is 6.56. The number of rotatable bonds is 4. The van der Waals surface area contributed by atoms with Crippen LogP contribution in [-0.4, -0.2) is 41.6 Å². The lowest BCUT2D eigenvalue weighted by Crippen LogP contribution is -2.38. The molecule has 2 heterocycles. The molecule has 1 aromatic heterocycles. The van der Waals surface area contributed by atoms with Gasteiger partial charge < -0.3 is 15.3 Å². The normalized spacial score (nSPS) is 15.8. The van der Waals surface area contributed by atoms with Crippen molar-refractivity contribution in [1.82, 2.24) is 10.3 Å². The number of amides is 1. The smallest absolute Gasteiger partial charge is 0.337 e. The van der Waals surface area contributed by atoms with Crippen molar-refractivity contribution in [3.8, 4) is 0 Å². The number of anilines is 1. The number of carbonyl (C=O) groups is 2. The third-order valence-corrected chi connectivity index (χ3v) is 3.85. The number of nitrogens with one attached hydrogen (secondary N) is 1. The number of pyridine rings is 1. The maximum atomic E-state index is 10.9. The number of nitrogens with zero attached hydrogens (tertiary/aromatic N) is 2. The summed E-state index contributed by atoms with van der Waals surface area (Å²) in [6.07, 6.45) is 3.41. The van der Waals surface area contributed by atoms with Crippen molar-refractivity contribution >= 4 is 17.7 Å². The maximum absolute atomic E-state index is 10.9. The van der Waals surface area contributed by atoms with Gasteiger partial charge in [0.2, 0.25) is 5.91 Å². The van der Waals surface area contributed by atoms with Crippen molar-refractivity contribution in [2.45, 2.75) is 26.7 Å². The summed E-state index contributed by atoms with van der Waals surface area (Å²) >= 11 is 0. The SMILES string of the molecule is CC(=O)NCC1CCN(c2ncc(C(=O)O)cc2C)CC1. The first-order valence-corrected chi connectivity index (χ1v) is 7.16. The van der Waals surface area contributed by atoms with Crippen LogP contribution in [0.5, 0.6) is 0 Å². The van der Waals surface area contributed by atoms with Gasteiger partial charge in [0.15, 0.2) is 0 Å². The molecule has 1 saturated heterocycles. The van der Waals surface area contributed by atoms with Gasteiger partial charge in [0.05, 0.1) is 5.56 Å². The van der Waals surface area contributed by atoms with Gasteiger partial charge in [0.25, 0.3) is 0 Å². The average Bonchev–Trinajstić information content (AvgIpc) is 2.45. The Morgan fingerprint density at radius 2 is 2.10 bits per heavy atom. The molecule has 0 spiro atoms. The van der Waals surface area contributed by atoms with Crippen LogP contribution in [-0.2, 0) is 4.79 Å². The van der Waals surface area contributed by atoms with E-state index in [2.05, 4.69) is 15.2 Å². The molecule has 0 unspecified atom stereocenters. The molecule has 0 bridgehead atoms. The van der Waals surface area contributed by atoms with E-state index >= 15 is 0 Å². The number of hydrogen-bond donors (Lipinski definition) is 2. The minimum atomic E-state index is -0.953. The Morgan fingerprint density at radius 3 is 2.62 bits per heavy atom. The standard InChI is InChI=1S/C15H21N3O3/c1-10-7-13(15(20)21)9-17-14(10)18-5-3-12(4-6-18)8-16-11(2)19/h7,9,12H,3-6,8H2,1-2H3,(H,16,19)(H,20,21). The first kappa shape index (κ1) is 15.3. The Morgan fingerprint density at radius 1 is 1.43 bits per heavy atom. The molecule has 0 radical (unpaired) electrons. The van der Waals surface area contributed by atoms with E-state index in [9.17, 15) is 9.59 Å². The van der Waals surface area contributed by atoms with Crippen molar-refractivity contribution < 1.29 is 14.7 Å². The lowest BCUT2D eigenvalue weighted by molar-refractivity contribution is -0.119. The number of piperidine rings is 1. The van der Waals surface area contributed by atoms with Crippen LogP contribution >= 0.6 is 0 Å². The van der Waals surface area contributed by atoms with Crippen LogP contribution in [0.25, 0.3) is 0 Å². The molecular weight excluding hydrogens is 270 g/mol. The first-order valence-electron chi connectivity index (χ1n) is 7.16. The highest BCUT2D eigenvalue weighted by molar-refractivity contribution is 5.87. The van der Waals surface area contributed by atoms with Gasteiger partial charge in [-0.05, 0) is 37.3 Å². The fraction of sp³-hybridized carbons (Fsp3) is 0.533. The molecule has 1 aliphatic rings. The first-order chi connectivity index (χ1) is 9.97. The Balaban J connectivity index is 1.96. The van der Waals surface area contributed by atoms with E-state index in [0.29, 0.717) is 5.92 Å². The molecule has 0 aliphatic carbocycles. The monoisotopic (exact) mass is 291 g/mol. The maximum Gasteiger partial charge on any atom is 0.337 e. The molecule has 6 nitrogen and oxygen atoms in total. The number of carbonyl (C=O) groups excluding carboxylic acids is 1. The predicted molar refractivity (Wildman–Crippen MR) is 79.6 cm³/mol.